The largest absolute Gasteiger partial charge is 0.347 e. The smallest absolute Gasteiger partial charge is 0.272 e. The highest BCUT2D eigenvalue weighted by molar-refractivity contribution is 6.30. The Hall–Kier alpha value is -2.92. The molecule has 3 rings (SSSR count). The van der Waals surface area contributed by atoms with Crippen LogP contribution >= 0.6 is 11.6 Å². The molecule has 126 valence electrons. The van der Waals surface area contributed by atoms with Gasteiger partial charge >= 0.3 is 0 Å². The molecule has 0 saturated heterocycles. The molecule has 1 aromatic heterocycles. The molecule has 2 aromatic carbocycles. The molecule has 6 heteroatoms. The van der Waals surface area contributed by atoms with Gasteiger partial charge in [-0.3, -0.25) is 4.79 Å². The minimum Gasteiger partial charge on any atom is -0.347 e. The van der Waals surface area contributed by atoms with E-state index in [1.54, 1.807) is 12.1 Å². The van der Waals surface area contributed by atoms with Crippen LogP contribution in [-0.4, -0.2) is 16.1 Å². The van der Waals surface area contributed by atoms with E-state index in [4.69, 9.17) is 11.6 Å². The zero-order chi connectivity index (χ0) is 17.6. The quantitative estimate of drug-likeness (QED) is 0.725. The van der Waals surface area contributed by atoms with Gasteiger partial charge < -0.3 is 10.6 Å². The van der Waals surface area contributed by atoms with E-state index >= 15 is 0 Å². The number of halogens is 1. The topological polar surface area (TPSA) is 66.9 Å². The molecule has 5 nitrogen and oxygen atoms in total. The number of nitrogens with one attached hydrogen (secondary N) is 2. The number of anilines is 2. The Bertz CT molecular complexity index is 866. The van der Waals surface area contributed by atoms with Crippen molar-refractivity contribution in [1.82, 2.24) is 15.5 Å². The van der Waals surface area contributed by atoms with Crippen LogP contribution in [0, 0.1) is 6.92 Å². The summed E-state index contributed by atoms with van der Waals surface area (Å²) in [4.78, 5) is 12.1. The second-order valence-electron chi connectivity index (χ2n) is 5.56. The van der Waals surface area contributed by atoms with E-state index in [0.29, 0.717) is 17.4 Å². The normalized spacial score (nSPS) is 10.3. The summed E-state index contributed by atoms with van der Waals surface area (Å²) in [6, 6.07) is 18.6. The third-order valence-electron chi connectivity index (χ3n) is 3.66. The van der Waals surface area contributed by atoms with Crippen LogP contribution in [0.15, 0.2) is 60.7 Å². The average Bonchev–Trinajstić information content (AvgIpc) is 2.64. The predicted octanol–water partition coefficient (Wildman–Crippen LogP) is 4.11. The molecule has 0 radical (unpaired) electrons. The number of rotatable bonds is 5. The van der Waals surface area contributed by atoms with Crippen LogP contribution in [0.2, 0.25) is 5.02 Å². The molecule has 0 unspecified atom stereocenters. The Morgan fingerprint density at radius 1 is 1.04 bits per heavy atom. The molecule has 2 N–H and O–H groups in total. The van der Waals surface area contributed by atoms with Gasteiger partial charge in [-0.15, -0.1) is 10.2 Å². The Kier molecular flexibility index (Phi) is 5.26. The molecular weight excluding hydrogens is 336 g/mol. The lowest BCUT2D eigenvalue weighted by Crippen LogP contribution is -2.24. The maximum atomic E-state index is 12.1. The first-order valence-corrected chi connectivity index (χ1v) is 8.18. The van der Waals surface area contributed by atoms with E-state index in [2.05, 4.69) is 20.8 Å². The van der Waals surface area contributed by atoms with Crippen LogP contribution in [0.4, 0.5) is 11.5 Å². The molecule has 25 heavy (non-hydrogen) atoms. The monoisotopic (exact) mass is 352 g/mol. The van der Waals surface area contributed by atoms with Gasteiger partial charge in [-0.2, -0.15) is 0 Å². The molecule has 0 aliphatic heterocycles. The molecule has 0 aliphatic carbocycles. The lowest BCUT2D eigenvalue weighted by atomic mass is 10.2. The summed E-state index contributed by atoms with van der Waals surface area (Å²) in [6.45, 7) is 2.42. The summed E-state index contributed by atoms with van der Waals surface area (Å²) in [5.74, 6) is 0.284. The highest BCUT2D eigenvalue weighted by atomic mass is 35.5. The van der Waals surface area contributed by atoms with Crippen molar-refractivity contribution >= 4 is 29.0 Å². The van der Waals surface area contributed by atoms with Crippen molar-refractivity contribution < 1.29 is 4.79 Å². The highest BCUT2D eigenvalue weighted by Gasteiger charge is 2.08. The number of nitrogens with zero attached hydrogens (tertiary/aromatic N) is 2. The number of amides is 1. The van der Waals surface area contributed by atoms with E-state index in [1.165, 1.54) is 0 Å². The van der Waals surface area contributed by atoms with E-state index in [1.807, 2.05) is 55.5 Å². The number of hydrogen-bond acceptors (Lipinski definition) is 4. The molecule has 0 fully saturated rings. The van der Waals surface area contributed by atoms with E-state index in [0.717, 1.165) is 16.8 Å². The number of hydrogen-bond donors (Lipinski definition) is 2. The number of carbonyl (C=O) groups is 1. The van der Waals surface area contributed by atoms with Gasteiger partial charge in [0.05, 0.1) is 0 Å². The van der Waals surface area contributed by atoms with Gasteiger partial charge in [-0.1, -0.05) is 48.0 Å². The fourth-order valence-electron chi connectivity index (χ4n) is 2.26. The van der Waals surface area contributed by atoms with E-state index in [-0.39, 0.29) is 11.6 Å². The van der Waals surface area contributed by atoms with Crippen molar-refractivity contribution in [3.8, 4) is 0 Å². The Labute approximate surface area is 151 Å². The summed E-state index contributed by atoms with van der Waals surface area (Å²) in [6.07, 6.45) is 0. The Morgan fingerprint density at radius 3 is 2.56 bits per heavy atom. The van der Waals surface area contributed by atoms with Crippen molar-refractivity contribution in [2.45, 2.75) is 13.5 Å². The van der Waals surface area contributed by atoms with E-state index in [9.17, 15) is 4.79 Å². The highest BCUT2D eigenvalue weighted by Crippen LogP contribution is 2.23. The lowest BCUT2D eigenvalue weighted by molar-refractivity contribution is 0.0945. The third kappa shape index (κ3) is 4.55. The SMILES string of the molecule is Cc1ccc(Cl)cc1Nc1ccc(C(=O)NCc2ccccc2)nn1. The van der Waals surface area contributed by atoms with Crippen LogP contribution in [0.1, 0.15) is 21.6 Å². The molecule has 0 bridgehead atoms. The molecule has 1 amide bonds. The lowest BCUT2D eigenvalue weighted by Gasteiger charge is -2.09. The summed E-state index contributed by atoms with van der Waals surface area (Å²) in [7, 11) is 0. The van der Waals surface area contributed by atoms with Crippen LogP contribution in [0.5, 0.6) is 0 Å². The van der Waals surface area contributed by atoms with Crippen LogP contribution in [0.25, 0.3) is 0 Å². The Morgan fingerprint density at radius 2 is 1.84 bits per heavy atom. The zero-order valence-corrected chi connectivity index (χ0v) is 14.4. The molecule has 0 aliphatic rings. The van der Waals surface area contributed by atoms with Crippen LogP contribution < -0.4 is 10.6 Å². The first kappa shape index (κ1) is 16.9. The van der Waals surface area contributed by atoms with Crippen LogP contribution in [-0.2, 0) is 6.54 Å². The Balaban J connectivity index is 1.63. The second kappa shape index (κ2) is 7.77. The molecule has 3 aromatic rings. The minimum absolute atomic E-state index is 0.262. The van der Waals surface area contributed by atoms with Crippen LogP contribution in [0.3, 0.4) is 0 Å². The summed E-state index contributed by atoms with van der Waals surface area (Å²) in [5, 5.41) is 14.6. The fourth-order valence-corrected chi connectivity index (χ4v) is 2.43. The van der Waals surface area contributed by atoms with Gasteiger partial charge in [0.15, 0.2) is 11.5 Å². The summed E-state index contributed by atoms with van der Waals surface area (Å²) in [5.41, 5.74) is 3.18. The van der Waals surface area contributed by atoms with Gasteiger partial charge in [0, 0.05) is 17.3 Å². The van der Waals surface area contributed by atoms with Gasteiger partial charge in [0.1, 0.15) is 0 Å². The maximum absolute atomic E-state index is 12.1. The molecule has 0 saturated carbocycles. The van der Waals surface area contributed by atoms with Gasteiger partial charge in [-0.25, -0.2) is 0 Å². The minimum atomic E-state index is -0.262. The standard InChI is InChI=1S/C19H17ClN4O/c1-13-7-8-15(20)11-17(13)22-18-10-9-16(23-24-18)19(25)21-12-14-5-3-2-4-6-14/h2-11H,12H2,1H3,(H,21,25)(H,22,24). The number of benzene rings is 2. The summed E-state index contributed by atoms with van der Waals surface area (Å²) < 4.78 is 0. The molecule has 0 atom stereocenters. The van der Waals surface area contributed by atoms with Crippen molar-refractivity contribution in [1.29, 1.82) is 0 Å². The van der Waals surface area contributed by atoms with Gasteiger partial charge in [-0.05, 0) is 42.3 Å². The first-order valence-electron chi connectivity index (χ1n) is 7.81. The fraction of sp³-hybridized carbons (Fsp3) is 0.105. The molecule has 1 heterocycles. The maximum Gasteiger partial charge on any atom is 0.272 e. The average molecular weight is 353 g/mol. The van der Waals surface area contributed by atoms with Crippen molar-refractivity contribution in [2.75, 3.05) is 5.32 Å². The third-order valence-corrected chi connectivity index (χ3v) is 3.89. The first-order chi connectivity index (χ1) is 12.1. The number of aryl methyl sites for hydroxylation is 1. The summed E-state index contributed by atoms with van der Waals surface area (Å²) >= 11 is 6.01. The second-order valence-corrected chi connectivity index (χ2v) is 5.99. The predicted molar refractivity (Wildman–Crippen MR) is 99.1 cm³/mol. The molecule has 0 spiro atoms. The van der Waals surface area contributed by atoms with Crippen molar-refractivity contribution in [3.63, 3.8) is 0 Å². The number of carbonyl (C=O) groups excluding carboxylic acids is 1. The zero-order valence-electron chi connectivity index (χ0n) is 13.7. The van der Waals surface area contributed by atoms with Crippen molar-refractivity contribution in [2.24, 2.45) is 0 Å². The van der Waals surface area contributed by atoms with Crippen molar-refractivity contribution in [3.05, 3.63) is 82.5 Å². The number of aromatic nitrogens is 2. The van der Waals surface area contributed by atoms with Gasteiger partial charge in [0.2, 0.25) is 0 Å². The van der Waals surface area contributed by atoms with E-state index < -0.39 is 0 Å². The molecular formula is C19H17ClN4O. The van der Waals surface area contributed by atoms with Gasteiger partial charge in [0.25, 0.3) is 5.91 Å².